The van der Waals surface area contributed by atoms with Crippen molar-refractivity contribution in [2.24, 2.45) is 0 Å². The lowest BCUT2D eigenvalue weighted by Crippen LogP contribution is -2.33. The molecule has 2 fully saturated rings. The van der Waals surface area contributed by atoms with Crippen molar-refractivity contribution in [3.63, 3.8) is 0 Å². The van der Waals surface area contributed by atoms with E-state index in [9.17, 15) is 44.2 Å². The third kappa shape index (κ3) is 7.37. The monoisotopic (exact) mass is 772 g/mol. The summed E-state index contributed by atoms with van der Waals surface area (Å²) in [5.41, 5.74) is 12.2. The molecule has 29 heteroatoms. The van der Waals surface area contributed by atoms with Crippen molar-refractivity contribution in [1.82, 2.24) is 39.0 Å². The number of nitrogen functional groups attached to an aromatic ring is 2. The molecule has 2 aliphatic heterocycles. The van der Waals surface area contributed by atoms with Crippen LogP contribution in [0, 0.1) is 0 Å². The van der Waals surface area contributed by atoms with Crippen molar-refractivity contribution in [2.45, 2.75) is 49.1 Å². The van der Waals surface area contributed by atoms with Crippen LogP contribution in [0.5, 0.6) is 0 Å². The minimum atomic E-state index is -5.41. The number of ether oxygens (including phenoxy) is 2. The summed E-state index contributed by atoms with van der Waals surface area (Å²) in [6.45, 7) is -6.97. The van der Waals surface area contributed by atoms with E-state index < -0.39 is 84.7 Å². The molecule has 2 unspecified atom stereocenters. The predicted octanol–water partition coefficient (Wildman–Crippen LogP) is -2.45. The van der Waals surface area contributed by atoms with Gasteiger partial charge in [-0.05, 0) is 11.8 Å². The van der Waals surface area contributed by atoms with Crippen LogP contribution < -0.4 is 11.5 Å². The highest BCUT2D eigenvalue weighted by Crippen LogP contribution is 2.68. The third-order valence-electron chi connectivity index (χ3n) is 7.21. The molecule has 0 aromatic carbocycles. The number of phosphoric ester groups is 2. The Kier molecular flexibility index (Phi) is 9.90. The second-order valence-electron chi connectivity index (χ2n) is 10.4. The van der Waals surface area contributed by atoms with Crippen molar-refractivity contribution < 1.29 is 71.4 Å². The van der Waals surface area contributed by atoms with E-state index in [1.165, 1.54) is 21.8 Å². The zero-order valence-corrected chi connectivity index (χ0v) is 27.7. The Bertz CT molecular complexity index is 1870. The quantitative estimate of drug-likeness (QED) is 0.0675. The number of anilines is 2. The highest BCUT2D eigenvalue weighted by molar-refractivity contribution is 8.09. The van der Waals surface area contributed by atoms with Crippen LogP contribution in [0.2, 0.25) is 0 Å². The molecule has 0 aliphatic carbocycles. The van der Waals surface area contributed by atoms with Crippen molar-refractivity contribution >= 4 is 68.1 Å². The fourth-order valence-electron chi connectivity index (χ4n) is 4.96. The first-order chi connectivity index (χ1) is 23.0. The molecular formula is C20H27N10O15P3S. The van der Waals surface area contributed by atoms with Crippen molar-refractivity contribution in [1.29, 1.82) is 0 Å². The zero-order valence-electron chi connectivity index (χ0n) is 24.2. The standard InChI is InChI=1S/C20H27N10O15P3S/c21-15-9-17(25-3-23-15)29(5-27-9)19-13(33)11(31)7(42-19)1-40-46(35,36)44-48(39,49)45-47(37,38)41-2-8-12(32)14(34)20(43-8)30-6-28-10-16(22)24-4-26-18(10)30/h3-8,11-14,19-20,31-34H,1-2H2,(H,35,36)(H,37,38)(H,39,49)(H2,21,23,25)(H2,22,24,26)/t7-,8-,11-,12-,13-,14-,19-,20-/m1/s1. The maximum atomic E-state index is 12.6. The van der Waals surface area contributed by atoms with Crippen LogP contribution in [0.4, 0.5) is 11.6 Å². The van der Waals surface area contributed by atoms with E-state index >= 15 is 0 Å². The molecule has 268 valence electrons. The van der Waals surface area contributed by atoms with E-state index in [0.717, 1.165) is 12.7 Å². The number of hydrogen-bond donors (Lipinski definition) is 9. The van der Waals surface area contributed by atoms with E-state index in [-0.39, 0.29) is 34.0 Å². The Morgan fingerprint density at radius 3 is 1.47 bits per heavy atom. The Morgan fingerprint density at radius 2 is 1.08 bits per heavy atom. The van der Waals surface area contributed by atoms with Crippen LogP contribution in [0.1, 0.15) is 12.5 Å². The maximum absolute atomic E-state index is 12.6. The first-order valence-electron chi connectivity index (χ1n) is 13.6. The van der Waals surface area contributed by atoms with Gasteiger partial charge in [-0.2, -0.15) is 0 Å². The molecule has 49 heavy (non-hydrogen) atoms. The maximum Gasteiger partial charge on any atom is 0.479 e. The van der Waals surface area contributed by atoms with E-state index in [1.54, 1.807) is 0 Å². The van der Waals surface area contributed by atoms with E-state index in [2.05, 4.69) is 50.3 Å². The number of nitrogens with two attached hydrogens (primary N) is 2. The zero-order chi connectivity index (χ0) is 35.5. The summed E-state index contributed by atoms with van der Waals surface area (Å²) in [6.07, 6.45) is -7.47. The molecule has 0 spiro atoms. The van der Waals surface area contributed by atoms with Gasteiger partial charge < -0.3 is 56.0 Å². The van der Waals surface area contributed by atoms with Gasteiger partial charge in [0.25, 0.3) is 0 Å². The molecule has 0 saturated carbocycles. The average molecular weight is 772 g/mol. The highest BCUT2D eigenvalue weighted by Gasteiger charge is 2.48. The second kappa shape index (κ2) is 13.4. The normalized spacial score (nSPS) is 31.2. The SMILES string of the molecule is Nc1ncnc2c1ncn2[C@@H]1O[C@H](COP(=O)(O)OP(O)(=S)OP(=O)(O)OC[C@H]2O[C@@H](n3cnc4c(N)ncnc43)[C@H](O)[C@@H]2O)[C@@H](O)[C@H]1O. The topological polar surface area (TPSA) is 370 Å². The smallest absolute Gasteiger partial charge is 0.387 e. The highest BCUT2D eigenvalue weighted by atomic mass is 32.5. The van der Waals surface area contributed by atoms with Crippen LogP contribution >= 0.6 is 22.4 Å². The van der Waals surface area contributed by atoms with Gasteiger partial charge in [-0.3, -0.25) is 18.2 Å². The molecule has 2 saturated heterocycles. The van der Waals surface area contributed by atoms with Gasteiger partial charge in [-0.15, -0.1) is 0 Å². The number of fused-ring (bicyclic) bond motifs is 2. The largest absolute Gasteiger partial charge is 0.479 e. The lowest BCUT2D eigenvalue weighted by molar-refractivity contribution is -0.0508. The van der Waals surface area contributed by atoms with Gasteiger partial charge in [0.15, 0.2) is 35.4 Å². The summed E-state index contributed by atoms with van der Waals surface area (Å²) in [5.74, 6) is 0.0710. The summed E-state index contributed by atoms with van der Waals surface area (Å²) in [4.78, 5) is 54.2. The number of aliphatic hydroxyl groups excluding tert-OH is 4. The van der Waals surface area contributed by atoms with Crippen molar-refractivity contribution in [3.05, 3.63) is 25.3 Å². The Hall–Kier alpha value is -2.71. The number of aromatic nitrogens is 8. The molecule has 25 nitrogen and oxygen atoms in total. The summed E-state index contributed by atoms with van der Waals surface area (Å²) in [5, 5.41) is 42.0. The number of imidazole rings is 2. The number of phosphoric acid groups is 2. The van der Waals surface area contributed by atoms with Gasteiger partial charge in [0.2, 0.25) is 0 Å². The molecule has 10 atom stereocenters. The van der Waals surface area contributed by atoms with Gasteiger partial charge in [0.1, 0.15) is 60.3 Å². The minimum Gasteiger partial charge on any atom is -0.387 e. The van der Waals surface area contributed by atoms with Crippen LogP contribution in [-0.4, -0.2) is 124 Å². The van der Waals surface area contributed by atoms with Gasteiger partial charge >= 0.3 is 22.4 Å². The molecule has 0 bridgehead atoms. The second-order valence-corrected chi connectivity index (χ2v) is 16.4. The fourth-order valence-corrected chi connectivity index (χ4v) is 10.0. The van der Waals surface area contributed by atoms with Crippen LogP contribution in [-0.2, 0) is 48.1 Å². The third-order valence-corrected chi connectivity index (χ3v) is 12.7. The molecular weight excluding hydrogens is 745 g/mol. The van der Waals surface area contributed by atoms with Gasteiger partial charge in [-0.1, -0.05) is 0 Å². The number of rotatable bonds is 12. The van der Waals surface area contributed by atoms with E-state index in [1.807, 2.05) is 0 Å². The Balaban J connectivity index is 1.03. The van der Waals surface area contributed by atoms with E-state index in [4.69, 9.17) is 30.0 Å². The number of hydrogen-bond acceptors (Lipinski definition) is 21. The van der Waals surface area contributed by atoms with E-state index in [0.29, 0.717) is 0 Å². The Labute approximate surface area is 277 Å². The molecule has 2 aliphatic rings. The van der Waals surface area contributed by atoms with Gasteiger partial charge in [-0.25, -0.2) is 47.7 Å². The number of nitrogens with zero attached hydrogens (tertiary/aromatic N) is 8. The number of aliphatic hydroxyl groups is 4. The van der Waals surface area contributed by atoms with Crippen LogP contribution in [0.15, 0.2) is 25.3 Å². The van der Waals surface area contributed by atoms with Crippen LogP contribution in [0.25, 0.3) is 22.3 Å². The molecule has 4 aromatic heterocycles. The molecule has 6 heterocycles. The first kappa shape index (κ1) is 36.1. The van der Waals surface area contributed by atoms with Crippen LogP contribution in [0.3, 0.4) is 0 Å². The molecule has 6 rings (SSSR count). The predicted molar refractivity (Wildman–Crippen MR) is 162 cm³/mol. The molecule has 11 N–H and O–H groups in total. The fraction of sp³-hybridized carbons (Fsp3) is 0.500. The van der Waals surface area contributed by atoms with Crippen molar-refractivity contribution in [3.8, 4) is 0 Å². The summed E-state index contributed by atoms with van der Waals surface area (Å²) >= 11 is 4.57. The first-order valence-corrected chi connectivity index (χ1v) is 19.1. The van der Waals surface area contributed by atoms with Gasteiger partial charge in [0.05, 0.1) is 25.9 Å². The minimum absolute atomic E-state index is 0.0355. The average Bonchev–Trinajstić information content (AvgIpc) is 3.77. The van der Waals surface area contributed by atoms with Gasteiger partial charge in [0, 0.05) is 0 Å². The summed E-state index contributed by atoms with van der Waals surface area (Å²) in [6, 6.07) is 0. The Morgan fingerprint density at radius 1 is 0.694 bits per heavy atom. The molecule has 0 amide bonds. The lowest BCUT2D eigenvalue weighted by atomic mass is 10.1. The van der Waals surface area contributed by atoms with Crippen molar-refractivity contribution in [2.75, 3.05) is 24.7 Å². The lowest BCUT2D eigenvalue weighted by Gasteiger charge is -2.23. The molecule has 0 radical (unpaired) electrons. The summed E-state index contributed by atoms with van der Waals surface area (Å²) in [7, 11) is -10.8. The summed E-state index contributed by atoms with van der Waals surface area (Å²) < 4.78 is 57.0. The molecule has 4 aromatic rings.